The van der Waals surface area contributed by atoms with Crippen LogP contribution in [0.1, 0.15) is 40.0 Å². The van der Waals surface area contributed by atoms with E-state index in [0.29, 0.717) is 12.6 Å². The maximum atomic E-state index is 5.47. The summed E-state index contributed by atoms with van der Waals surface area (Å²) < 4.78 is 5.47. The molecule has 1 rings (SSSR count). The van der Waals surface area contributed by atoms with Crippen molar-refractivity contribution in [2.24, 2.45) is 11.8 Å². The zero-order valence-electron chi connectivity index (χ0n) is 11.1. The van der Waals surface area contributed by atoms with Crippen LogP contribution < -0.4 is 5.32 Å². The Hall–Kier alpha value is -0.340. The molecule has 94 valence electrons. The van der Waals surface area contributed by atoms with Gasteiger partial charge < -0.3 is 10.1 Å². The third-order valence-electron chi connectivity index (χ3n) is 3.63. The molecule has 0 heterocycles. The Labute approximate surface area is 100 Å². The number of hydrogen-bond donors (Lipinski definition) is 1. The lowest BCUT2D eigenvalue weighted by atomic mass is 9.79. The van der Waals surface area contributed by atoms with Crippen LogP contribution in [0.5, 0.6) is 0 Å². The minimum atomic E-state index is 0.694. The van der Waals surface area contributed by atoms with E-state index < -0.39 is 0 Å². The van der Waals surface area contributed by atoms with Crippen LogP contribution in [0.15, 0.2) is 12.2 Å². The first-order valence-electron chi connectivity index (χ1n) is 6.55. The quantitative estimate of drug-likeness (QED) is 0.554. The Morgan fingerprint density at radius 1 is 1.31 bits per heavy atom. The first-order chi connectivity index (χ1) is 7.59. The maximum absolute atomic E-state index is 5.47. The van der Waals surface area contributed by atoms with Gasteiger partial charge in [0.05, 0.1) is 13.2 Å². The average Bonchev–Trinajstić information content (AvgIpc) is 2.22. The molecule has 1 aliphatic rings. The Kier molecular flexibility index (Phi) is 6.07. The summed E-state index contributed by atoms with van der Waals surface area (Å²) in [5.74, 6) is 1.76. The molecule has 0 aromatic rings. The van der Waals surface area contributed by atoms with Crippen LogP contribution in [0.3, 0.4) is 0 Å². The molecule has 0 aromatic heterocycles. The maximum Gasteiger partial charge on any atom is 0.0672 e. The molecule has 1 fully saturated rings. The van der Waals surface area contributed by atoms with Crippen molar-refractivity contribution < 1.29 is 4.74 Å². The van der Waals surface area contributed by atoms with Gasteiger partial charge in [-0.3, -0.25) is 0 Å². The van der Waals surface area contributed by atoms with E-state index in [-0.39, 0.29) is 0 Å². The molecule has 1 N–H and O–H groups in total. The summed E-state index contributed by atoms with van der Waals surface area (Å²) in [7, 11) is 0. The van der Waals surface area contributed by atoms with Gasteiger partial charge in [0.25, 0.3) is 0 Å². The van der Waals surface area contributed by atoms with E-state index in [9.17, 15) is 0 Å². The van der Waals surface area contributed by atoms with Crippen molar-refractivity contribution in [3.63, 3.8) is 0 Å². The second-order valence-corrected chi connectivity index (χ2v) is 5.43. The van der Waals surface area contributed by atoms with Crippen LogP contribution in [-0.2, 0) is 4.74 Å². The Morgan fingerprint density at radius 2 is 2.06 bits per heavy atom. The highest BCUT2D eigenvalue weighted by Crippen LogP contribution is 2.29. The molecular formula is C14H27NO. The van der Waals surface area contributed by atoms with Crippen LogP contribution in [0.25, 0.3) is 0 Å². The monoisotopic (exact) mass is 225 g/mol. The minimum absolute atomic E-state index is 0.694. The second-order valence-electron chi connectivity index (χ2n) is 5.43. The van der Waals surface area contributed by atoms with Crippen LogP contribution in [0, 0.1) is 11.8 Å². The van der Waals surface area contributed by atoms with Gasteiger partial charge in [0, 0.05) is 12.6 Å². The number of ether oxygens (including phenoxy) is 1. The van der Waals surface area contributed by atoms with Crippen LogP contribution in [0.4, 0.5) is 0 Å². The highest BCUT2D eigenvalue weighted by Gasteiger charge is 2.23. The molecule has 16 heavy (non-hydrogen) atoms. The van der Waals surface area contributed by atoms with Gasteiger partial charge in [-0.05, 0) is 38.0 Å². The van der Waals surface area contributed by atoms with E-state index in [4.69, 9.17) is 4.74 Å². The smallest absolute Gasteiger partial charge is 0.0672 e. The largest absolute Gasteiger partial charge is 0.376 e. The number of hydrogen-bond acceptors (Lipinski definition) is 2. The molecule has 0 spiro atoms. The van der Waals surface area contributed by atoms with Crippen LogP contribution in [0.2, 0.25) is 0 Å². The fourth-order valence-electron chi connectivity index (χ4n) is 2.31. The molecule has 0 radical (unpaired) electrons. The highest BCUT2D eigenvalue weighted by atomic mass is 16.5. The van der Waals surface area contributed by atoms with Gasteiger partial charge in [-0.25, -0.2) is 0 Å². The zero-order chi connectivity index (χ0) is 12.0. The Bertz CT molecular complexity index is 215. The molecule has 3 atom stereocenters. The highest BCUT2D eigenvalue weighted by molar-refractivity contribution is 4.87. The topological polar surface area (TPSA) is 21.3 Å². The van der Waals surface area contributed by atoms with E-state index in [1.54, 1.807) is 0 Å². The zero-order valence-corrected chi connectivity index (χ0v) is 11.1. The molecule has 0 saturated heterocycles. The first kappa shape index (κ1) is 13.7. The molecule has 0 bridgehead atoms. The predicted molar refractivity (Wildman–Crippen MR) is 69.6 cm³/mol. The molecule has 1 aliphatic carbocycles. The lowest BCUT2D eigenvalue weighted by molar-refractivity contribution is 0.147. The molecule has 1 saturated carbocycles. The van der Waals surface area contributed by atoms with Crippen molar-refractivity contribution in [3.05, 3.63) is 12.2 Å². The first-order valence-corrected chi connectivity index (χ1v) is 6.55. The van der Waals surface area contributed by atoms with Gasteiger partial charge in [-0.1, -0.05) is 26.0 Å². The number of nitrogens with one attached hydrogen (secondary N) is 1. The SMILES string of the molecule is C=C(C)COCCNC1CCC(C)C(C)C1. The molecule has 0 amide bonds. The van der Waals surface area contributed by atoms with Crippen molar-refractivity contribution in [3.8, 4) is 0 Å². The van der Waals surface area contributed by atoms with E-state index in [1.807, 2.05) is 6.92 Å². The average molecular weight is 225 g/mol. The van der Waals surface area contributed by atoms with E-state index >= 15 is 0 Å². The third-order valence-corrected chi connectivity index (χ3v) is 3.63. The van der Waals surface area contributed by atoms with E-state index in [2.05, 4.69) is 25.7 Å². The molecule has 0 aliphatic heterocycles. The molecular weight excluding hydrogens is 198 g/mol. The van der Waals surface area contributed by atoms with Crippen molar-refractivity contribution in [1.29, 1.82) is 0 Å². The summed E-state index contributed by atoms with van der Waals surface area (Å²) in [6.07, 6.45) is 4.01. The lowest BCUT2D eigenvalue weighted by Crippen LogP contribution is -2.37. The van der Waals surface area contributed by atoms with Crippen molar-refractivity contribution in [2.45, 2.75) is 46.1 Å². The standard InChI is InChI=1S/C14H27NO/c1-11(2)10-16-8-7-15-14-6-5-12(3)13(4)9-14/h12-15H,1,5-10H2,2-4H3. The van der Waals surface area contributed by atoms with Crippen LogP contribution in [-0.4, -0.2) is 25.8 Å². The summed E-state index contributed by atoms with van der Waals surface area (Å²) in [6.45, 7) is 13.0. The normalized spacial score (nSPS) is 30.3. The van der Waals surface area contributed by atoms with Gasteiger partial charge in [0.2, 0.25) is 0 Å². The summed E-state index contributed by atoms with van der Waals surface area (Å²) >= 11 is 0. The second kappa shape index (κ2) is 7.08. The molecule has 2 nitrogen and oxygen atoms in total. The van der Waals surface area contributed by atoms with Gasteiger partial charge in [-0.2, -0.15) is 0 Å². The Balaban J connectivity index is 2.03. The van der Waals surface area contributed by atoms with Gasteiger partial charge in [0.15, 0.2) is 0 Å². The van der Waals surface area contributed by atoms with Crippen molar-refractivity contribution in [2.75, 3.05) is 19.8 Å². The van der Waals surface area contributed by atoms with Crippen molar-refractivity contribution >= 4 is 0 Å². The minimum Gasteiger partial charge on any atom is -0.376 e. The Morgan fingerprint density at radius 3 is 2.69 bits per heavy atom. The predicted octanol–water partition coefficient (Wildman–Crippen LogP) is 2.99. The summed E-state index contributed by atoms with van der Waals surface area (Å²) in [4.78, 5) is 0. The van der Waals surface area contributed by atoms with E-state index in [0.717, 1.165) is 30.6 Å². The summed E-state index contributed by atoms with van der Waals surface area (Å²) in [5, 5.41) is 3.59. The lowest BCUT2D eigenvalue weighted by Gasteiger charge is -2.32. The molecule has 0 aromatic carbocycles. The van der Waals surface area contributed by atoms with Crippen LogP contribution >= 0.6 is 0 Å². The molecule has 3 unspecified atom stereocenters. The van der Waals surface area contributed by atoms with Crippen molar-refractivity contribution in [1.82, 2.24) is 5.32 Å². The fraction of sp³-hybridized carbons (Fsp3) is 0.857. The summed E-state index contributed by atoms with van der Waals surface area (Å²) in [6, 6.07) is 0.708. The van der Waals surface area contributed by atoms with Gasteiger partial charge in [0.1, 0.15) is 0 Å². The fourth-order valence-corrected chi connectivity index (χ4v) is 2.31. The third kappa shape index (κ3) is 5.13. The van der Waals surface area contributed by atoms with Gasteiger partial charge in [-0.15, -0.1) is 0 Å². The summed E-state index contributed by atoms with van der Waals surface area (Å²) in [5.41, 5.74) is 1.10. The number of rotatable bonds is 6. The molecule has 2 heteroatoms. The van der Waals surface area contributed by atoms with Gasteiger partial charge >= 0.3 is 0 Å². The van der Waals surface area contributed by atoms with E-state index in [1.165, 1.54) is 19.3 Å².